The lowest BCUT2D eigenvalue weighted by molar-refractivity contribution is -0.143. The molecule has 0 aliphatic heterocycles. The molecule has 6 heteroatoms. The summed E-state index contributed by atoms with van der Waals surface area (Å²) >= 11 is 0. The monoisotopic (exact) mass is 375 g/mol. The molecule has 1 unspecified atom stereocenters. The summed E-state index contributed by atoms with van der Waals surface area (Å²) in [5.41, 5.74) is 7.63. The number of nitrogens with one attached hydrogen (secondary N) is 3. The lowest BCUT2D eigenvalue weighted by atomic mass is 9.67. The van der Waals surface area contributed by atoms with Crippen molar-refractivity contribution >= 4 is 11.8 Å². The van der Waals surface area contributed by atoms with Crippen LogP contribution >= 0.6 is 0 Å². The van der Waals surface area contributed by atoms with E-state index in [-0.39, 0.29) is 0 Å². The van der Waals surface area contributed by atoms with E-state index in [9.17, 15) is 14.8 Å². The number of hydrazine groups is 1. The van der Waals surface area contributed by atoms with Gasteiger partial charge in [-0.1, -0.05) is 77.1 Å². The average molecular weight is 376 g/mol. The molecule has 2 amide bonds. The van der Waals surface area contributed by atoms with Crippen molar-refractivity contribution in [2.24, 2.45) is 17.8 Å². The first-order valence-electron chi connectivity index (χ1n) is 9.44. The standard InChI is InChI=1S/C21H33N3O3/c1-6-7-13-17(21(4,5)16-11-9-8-10-12-16)18(20(26)24-27)19(25)23-22-14-15(2)3/h7-13,15,17-18,22,27H,6,14H2,1-5H3,(H,23,25)(H,24,26)/t17?,18-/m0/s1. The molecule has 0 radical (unpaired) electrons. The van der Waals surface area contributed by atoms with Crippen molar-refractivity contribution in [1.29, 1.82) is 0 Å². The van der Waals surface area contributed by atoms with Crippen LogP contribution in [0.4, 0.5) is 0 Å². The lowest BCUT2D eigenvalue weighted by Gasteiger charge is -2.37. The van der Waals surface area contributed by atoms with Gasteiger partial charge in [0.1, 0.15) is 5.92 Å². The molecule has 0 saturated carbocycles. The number of rotatable bonds is 10. The van der Waals surface area contributed by atoms with E-state index in [1.165, 1.54) is 0 Å². The molecular weight excluding hydrogens is 342 g/mol. The van der Waals surface area contributed by atoms with E-state index in [2.05, 4.69) is 10.9 Å². The lowest BCUT2D eigenvalue weighted by Crippen LogP contribution is -2.52. The molecule has 6 nitrogen and oxygen atoms in total. The van der Waals surface area contributed by atoms with Crippen LogP contribution in [0.5, 0.6) is 0 Å². The fourth-order valence-electron chi connectivity index (χ4n) is 3.05. The molecule has 0 bridgehead atoms. The highest BCUT2D eigenvalue weighted by Gasteiger charge is 2.42. The van der Waals surface area contributed by atoms with Gasteiger partial charge in [0.2, 0.25) is 5.91 Å². The number of carbonyl (C=O) groups excluding carboxylic acids is 2. The summed E-state index contributed by atoms with van der Waals surface area (Å²) in [6.45, 7) is 10.6. The third kappa shape index (κ3) is 6.48. The maximum Gasteiger partial charge on any atom is 0.256 e. The average Bonchev–Trinajstić information content (AvgIpc) is 2.64. The third-order valence-corrected chi connectivity index (χ3v) is 4.69. The molecular formula is C21H33N3O3. The summed E-state index contributed by atoms with van der Waals surface area (Å²) in [7, 11) is 0. The van der Waals surface area contributed by atoms with Gasteiger partial charge in [0.05, 0.1) is 0 Å². The molecule has 1 rings (SSSR count). The van der Waals surface area contributed by atoms with Crippen molar-refractivity contribution in [3.05, 3.63) is 48.0 Å². The summed E-state index contributed by atoms with van der Waals surface area (Å²) in [6, 6.07) is 9.76. The number of hydroxylamine groups is 1. The van der Waals surface area contributed by atoms with E-state index in [4.69, 9.17) is 0 Å². The Labute approximate surface area is 162 Å². The van der Waals surface area contributed by atoms with Crippen LogP contribution in [-0.4, -0.2) is 23.6 Å². The highest BCUT2D eigenvalue weighted by atomic mass is 16.5. The fourth-order valence-corrected chi connectivity index (χ4v) is 3.05. The van der Waals surface area contributed by atoms with Gasteiger partial charge in [-0.25, -0.2) is 10.9 Å². The van der Waals surface area contributed by atoms with Crippen LogP contribution in [0.1, 0.15) is 46.6 Å². The van der Waals surface area contributed by atoms with Gasteiger partial charge in [0, 0.05) is 12.5 Å². The van der Waals surface area contributed by atoms with Crippen molar-refractivity contribution in [3.63, 3.8) is 0 Å². The van der Waals surface area contributed by atoms with Crippen molar-refractivity contribution in [2.45, 2.75) is 46.5 Å². The minimum absolute atomic E-state index is 0.340. The van der Waals surface area contributed by atoms with Gasteiger partial charge in [-0.15, -0.1) is 0 Å². The Bertz CT molecular complexity index is 627. The Morgan fingerprint density at radius 3 is 2.30 bits per heavy atom. The Balaban J connectivity index is 3.25. The maximum absolute atomic E-state index is 12.8. The number of hydrogen-bond donors (Lipinski definition) is 4. The normalized spacial score (nSPS) is 14.2. The number of carbonyl (C=O) groups is 2. The molecule has 0 aliphatic carbocycles. The van der Waals surface area contributed by atoms with Crippen molar-refractivity contribution in [1.82, 2.24) is 16.3 Å². The molecule has 0 aliphatic rings. The topological polar surface area (TPSA) is 90.5 Å². The molecule has 1 aromatic carbocycles. The van der Waals surface area contributed by atoms with Crippen LogP contribution in [0.15, 0.2) is 42.5 Å². The molecule has 27 heavy (non-hydrogen) atoms. The molecule has 0 spiro atoms. The fraction of sp³-hybridized carbons (Fsp3) is 0.524. The van der Waals surface area contributed by atoms with Crippen LogP contribution < -0.4 is 16.3 Å². The maximum atomic E-state index is 12.8. The van der Waals surface area contributed by atoms with Crippen LogP contribution in [-0.2, 0) is 15.0 Å². The van der Waals surface area contributed by atoms with E-state index in [0.717, 1.165) is 12.0 Å². The van der Waals surface area contributed by atoms with E-state index < -0.39 is 29.1 Å². The van der Waals surface area contributed by atoms with E-state index in [0.29, 0.717) is 12.5 Å². The minimum atomic E-state index is -1.09. The van der Waals surface area contributed by atoms with Crippen LogP contribution in [0.2, 0.25) is 0 Å². The number of hydrogen-bond acceptors (Lipinski definition) is 4. The SMILES string of the molecule is CCC=CC([C@H](C(=O)NO)C(=O)NNCC(C)C)C(C)(C)c1ccccc1. The zero-order valence-corrected chi connectivity index (χ0v) is 17.0. The molecule has 2 atom stereocenters. The van der Waals surface area contributed by atoms with Crippen LogP contribution in [0, 0.1) is 17.8 Å². The number of amides is 2. The molecule has 1 aromatic rings. The largest absolute Gasteiger partial charge is 0.291 e. The highest BCUT2D eigenvalue weighted by Crippen LogP contribution is 2.38. The summed E-state index contributed by atoms with van der Waals surface area (Å²) in [5.74, 6) is -2.40. The zero-order valence-electron chi connectivity index (χ0n) is 17.0. The number of allylic oxidation sites excluding steroid dienone is 2. The third-order valence-electron chi connectivity index (χ3n) is 4.69. The van der Waals surface area contributed by atoms with Crippen LogP contribution in [0.3, 0.4) is 0 Å². The van der Waals surface area contributed by atoms with Crippen LogP contribution in [0.25, 0.3) is 0 Å². The van der Waals surface area contributed by atoms with Gasteiger partial charge in [-0.3, -0.25) is 20.2 Å². The van der Waals surface area contributed by atoms with Gasteiger partial charge in [0.15, 0.2) is 0 Å². The first-order chi connectivity index (χ1) is 12.8. The molecule has 0 heterocycles. The Kier molecular flexibility index (Phi) is 9.18. The smallest absolute Gasteiger partial charge is 0.256 e. The predicted molar refractivity (Wildman–Crippen MR) is 107 cm³/mol. The van der Waals surface area contributed by atoms with Crippen molar-refractivity contribution in [2.75, 3.05) is 6.54 Å². The second kappa shape index (κ2) is 10.8. The van der Waals surface area contributed by atoms with Gasteiger partial charge in [-0.05, 0) is 23.3 Å². The van der Waals surface area contributed by atoms with Crippen molar-refractivity contribution in [3.8, 4) is 0 Å². The van der Waals surface area contributed by atoms with Gasteiger partial charge in [-0.2, -0.15) is 0 Å². The van der Waals surface area contributed by atoms with E-state index in [1.807, 2.05) is 77.1 Å². The second-order valence-corrected chi connectivity index (χ2v) is 7.67. The minimum Gasteiger partial charge on any atom is -0.291 e. The molecule has 4 N–H and O–H groups in total. The summed E-state index contributed by atoms with van der Waals surface area (Å²) < 4.78 is 0. The van der Waals surface area contributed by atoms with Gasteiger partial charge >= 0.3 is 0 Å². The van der Waals surface area contributed by atoms with E-state index >= 15 is 0 Å². The van der Waals surface area contributed by atoms with Gasteiger partial charge in [0.25, 0.3) is 5.91 Å². The summed E-state index contributed by atoms with van der Waals surface area (Å²) in [5, 5.41) is 9.25. The summed E-state index contributed by atoms with van der Waals surface area (Å²) in [6.07, 6.45) is 4.62. The molecule has 0 fully saturated rings. The molecule has 150 valence electrons. The zero-order chi connectivity index (χ0) is 20.4. The Hall–Kier alpha value is -2.18. The Morgan fingerprint density at radius 1 is 1.15 bits per heavy atom. The quantitative estimate of drug-likeness (QED) is 0.219. The van der Waals surface area contributed by atoms with Crippen molar-refractivity contribution < 1.29 is 14.8 Å². The Morgan fingerprint density at radius 2 is 1.78 bits per heavy atom. The number of benzene rings is 1. The highest BCUT2D eigenvalue weighted by molar-refractivity contribution is 6.00. The first-order valence-corrected chi connectivity index (χ1v) is 9.44. The summed E-state index contributed by atoms with van der Waals surface area (Å²) in [4.78, 5) is 25.3. The molecule has 0 saturated heterocycles. The van der Waals surface area contributed by atoms with Gasteiger partial charge < -0.3 is 0 Å². The second-order valence-electron chi connectivity index (χ2n) is 7.67. The molecule has 0 aromatic heterocycles. The predicted octanol–water partition coefficient (Wildman–Crippen LogP) is 2.95. The first kappa shape index (κ1) is 22.9. The van der Waals surface area contributed by atoms with E-state index in [1.54, 1.807) is 5.48 Å².